The smallest absolute Gasteiger partial charge is 0.262 e. The molecule has 4 aromatic rings. The molecular weight excluding hydrogens is 598 g/mol. The van der Waals surface area contributed by atoms with E-state index in [2.05, 4.69) is 33.8 Å². The summed E-state index contributed by atoms with van der Waals surface area (Å²) < 4.78 is 4.17. The second-order valence-corrected chi connectivity index (χ2v) is 13.9. The molecule has 1 aromatic carbocycles. The standard InChI is InChI=1S/C34H35N9O4/c35-20-9-23(10-20)41-15-19-14-37-28(12-27(19)39-41)26-16-42(40-31(26)18-1-2-18)22-7-17(8-22)13-36-21-3-4-24-25(11-21)34(47)43(33(24)46)29-5-6-30(44)38-32(29)45/h3-4,11-12,14-18,20,22-23,29,36H,1-2,5-10,13,35H2,(H,38,44,45). The van der Waals surface area contributed by atoms with Crippen LogP contribution in [0.15, 0.2) is 42.9 Å². The van der Waals surface area contributed by atoms with Crippen LogP contribution in [0.5, 0.6) is 0 Å². The van der Waals surface area contributed by atoms with E-state index in [0.717, 1.165) is 83.5 Å². The minimum atomic E-state index is -0.971. The molecule has 4 amide bonds. The van der Waals surface area contributed by atoms with Crippen molar-refractivity contribution in [2.45, 2.75) is 81.5 Å². The summed E-state index contributed by atoms with van der Waals surface area (Å²) in [5, 5.41) is 16.6. The predicted octanol–water partition coefficient (Wildman–Crippen LogP) is 3.30. The van der Waals surface area contributed by atoms with Crippen molar-refractivity contribution in [3.8, 4) is 11.3 Å². The van der Waals surface area contributed by atoms with Crippen molar-refractivity contribution in [1.82, 2.24) is 34.8 Å². The first-order chi connectivity index (χ1) is 22.8. The molecule has 3 aromatic heterocycles. The lowest BCUT2D eigenvalue weighted by molar-refractivity contribution is -0.136. The number of amides is 4. The Morgan fingerprint density at radius 3 is 2.40 bits per heavy atom. The number of hydrogen-bond acceptors (Lipinski definition) is 9. The van der Waals surface area contributed by atoms with Gasteiger partial charge >= 0.3 is 0 Å². The van der Waals surface area contributed by atoms with Gasteiger partial charge < -0.3 is 11.1 Å². The van der Waals surface area contributed by atoms with E-state index in [4.69, 9.17) is 20.9 Å². The van der Waals surface area contributed by atoms with Gasteiger partial charge in [0, 0.05) is 60.2 Å². The Morgan fingerprint density at radius 2 is 1.64 bits per heavy atom. The highest BCUT2D eigenvalue weighted by atomic mass is 16.2. The van der Waals surface area contributed by atoms with Gasteiger partial charge in [-0.15, -0.1) is 0 Å². The van der Waals surface area contributed by atoms with E-state index in [1.807, 2.05) is 10.9 Å². The van der Waals surface area contributed by atoms with Crippen LogP contribution in [0.2, 0.25) is 0 Å². The van der Waals surface area contributed by atoms with Gasteiger partial charge in [-0.1, -0.05) is 0 Å². The number of fused-ring (bicyclic) bond motifs is 2. The molecule has 0 bridgehead atoms. The minimum Gasteiger partial charge on any atom is -0.385 e. The lowest BCUT2D eigenvalue weighted by Gasteiger charge is -2.35. The molecule has 4 N–H and O–H groups in total. The van der Waals surface area contributed by atoms with E-state index in [1.165, 1.54) is 0 Å². The number of anilines is 1. The van der Waals surface area contributed by atoms with Gasteiger partial charge in [-0.2, -0.15) is 10.2 Å². The van der Waals surface area contributed by atoms with Crippen molar-refractivity contribution < 1.29 is 19.2 Å². The molecule has 5 aliphatic rings. The third kappa shape index (κ3) is 4.82. The third-order valence-electron chi connectivity index (χ3n) is 10.6. The second kappa shape index (κ2) is 10.6. The molecule has 4 fully saturated rings. The number of pyridine rings is 1. The summed E-state index contributed by atoms with van der Waals surface area (Å²) in [6, 6.07) is 7.18. The minimum absolute atomic E-state index is 0.0934. The Morgan fingerprint density at radius 1 is 0.872 bits per heavy atom. The van der Waals surface area contributed by atoms with Gasteiger partial charge in [0.05, 0.1) is 40.1 Å². The second-order valence-electron chi connectivity index (χ2n) is 13.9. The zero-order valence-corrected chi connectivity index (χ0v) is 25.8. The summed E-state index contributed by atoms with van der Waals surface area (Å²) >= 11 is 0. The average molecular weight is 634 g/mol. The number of benzene rings is 1. The van der Waals surface area contributed by atoms with Gasteiger partial charge in [-0.25, -0.2) is 0 Å². The Bertz CT molecular complexity index is 1980. The van der Waals surface area contributed by atoms with Crippen LogP contribution < -0.4 is 16.4 Å². The maximum absolute atomic E-state index is 13.2. The summed E-state index contributed by atoms with van der Waals surface area (Å²) in [4.78, 5) is 55.9. The molecule has 47 heavy (non-hydrogen) atoms. The van der Waals surface area contributed by atoms with Crippen molar-refractivity contribution in [1.29, 1.82) is 0 Å². The lowest BCUT2D eigenvalue weighted by atomic mass is 9.80. The van der Waals surface area contributed by atoms with Crippen molar-refractivity contribution in [2.75, 3.05) is 11.9 Å². The van der Waals surface area contributed by atoms with Crippen LogP contribution in [0.3, 0.4) is 0 Å². The number of carbonyl (C=O) groups excluding carboxylic acids is 4. The lowest BCUT2D eigenvalue weighted by Crippen LogP contribution is -2.54. The number of nitrogens with two attached hydrogens (primary N) is 1. The highest BCUT2D eigenvalue weighted by Crippen LogP contribution is 2.46. The molecule has 3 saturated carbocycles. The quantitative estimate of drug-likeness (QED) is 0.246. The topological polar surface area (TPSA) is 170 Å². The van der Waals surface area contributed by atoms with Crippen LogP contribution in [0.4, 0.5) is 5.69 Å². The highest BCUT2D eigenvalue weighted by molar-refractivity contribution is 6.23. The van der Waals surface area contributed by atoms with E-state index >= 15 is 0 Å². The third-order valence-corrected chi connectivity index (χ3v) is 10.6. The Labute approximate surface area is 269 Å². The number of nitrogens with zero attached hydrogens (tertiary/aromatic N) is 6. The maximum Gasteiger partial charge on any atom is 0.262 e. The first-order valence-electron chi connectivity index (χ1n) is 16.6. The van der Waals surface area contributed by atoms with Crippen LogP contribution in [0.25, 0.3) is 22.2 Å². The van der Waals surface area contributed by atoms with E-state index in [0.29, 0.717) is 23.9 Å². The molecule has 1 unspecified atom stereocenters. The monoisotopic (exact) mass is 633 g/mol. The Kier molecular flexibility index (Phi) is 6.36. The Hall–Kier alpha value is -4.91. The van der Waals surface area contributed by atoms with E-state index < -0.39 is 29.7 Å². The fourth-order valence-electron chi connectivity index (χ4n) is 7.49. The van der Waals surface area contributed by atoms with E-state index in [-0.39, 0.29) is 30.0 Å². The van der Waals surface area contributed by atoms with Crippen LogP contribution in [0.1, 0.15) is 95.8 Å². The zero-order valence-electron chi connectivity index (χ0n) is 25.8. The van der Waals surface area contributed by atoms with Crippen LogP contribution in [0, 0.1) is 5.92 Å². The van der Waals surface area contributed by atoms with Gasteiger partial charge in [0.2, 0.25) is 11.8 Å². The van der Waals surface area contributed by atoms with E-state index in [1.54, 1.807) is 18.2 Å². The molecule has 3 aliphatic carbocycles. The van der Waals surface area contributed by atoms with Crippen LogP contribution >= 0.6 is 0 Å². The summed E-state index contributed by atoms with van der Waals surface area (Å²) in [6.07, 6.45) is 12.6. The molecule has 5 heterocycles. The molecule has 240 valence electrons. The largest absolute Gasteiger partial charge is 0.385 e. The number of imide groups is 2. The molecule has 1 atom stereocenters. The van der Waals surface area contributed by atoms with E-state index in [9.17, 15) is 19.2 Å². The maximum atomic E-state index is 13.2. The SMILES string of the molecule is NC1CC(n2cc3cnc(-c4cn(C5CC(CNc6ccc7c(c6)C(=O)N(C6CCC(=O)NC6=O)C7=O)C5)nc4C4CC4)cc3n2)C1. The van der Waals surface area contributed by atoms with Crippen LogP contribution in [-0.2, 0) is 9.59 Å². The van der Waals surface area contributed by atoms with Crippen molar-refractivity contribution in [3.05, 3.63) is 59.7 Å². The predicted molar refractivity (Wildman–Crippen MR) is 170 cm³/mol. The first kappa shape index (κ1) is 28.3. The number of carbonyl (C=O) groups is 4. The van der Waals surface area contributed by atoms with Gasteiger partial charge in [0.15, 0.2) is 0 Å². The number of hydrogen-bond donors (Lipinski definition) is 3. The summed E-state index contributed by atoms with van der Waals surface area (Å²) in [5.41, 5.74) is 11.4. The van der Waals surface area contributed by atoms with Crippen molar-refractivity contribution in [2.24, 2.45) is 11.7 Å². The van der Waals surface area contributed by atoms with Crippen molar-refractivity contribution in [3.63, 3.8) is 0 Å². The molecular formula is C34H35N9O4. The number of piperidine rings is 1. The molecule has 2 aliphatic heterocycles. The van der Waals surface area contributed by atoms with Crippen molar-refractivity contribution >= 4 is 40.2 Å². The molecule has 13 heteroatoms. The van der Waals surface area contributed by atoms with Crippen LogP contribution in [-0.4, -0.2) is 71.7 Å². The van der Waals surface area contributed by atoms with Gasteiger partial charge in [-0.3, -0.25) is 43.7 Å². The molecule has 1 saturated heterocycles. The van der Waals surface area contributed by atoms with Gasteiger partial charge in [0.1, 0.15) is 6.04 Å². The molecule has 0 spiro atoms. The summed E-state index contributed by atoms with van der Waals surface area (Å²) in [6.45, 7) is 0.727. The molecule has 9 rings (SSSR count). The molecule has 13 nitrogen and oxygen atoms in total. The fraction of sp³-hybridized carbons (Fsp3) is 0.441. The van der Waals surface area contributed by atoms with Gasteiger partial charge in [-0.05, 0) is 75.1 Å². The fourth-order valence-corrected chi connectivity index (χ4v) is 7.49. The normalized spacial score (nSPS) is 27.1. The first-order valence-corrected chi connectivity index (χ1v) is 16.6. The average Bonchev–Trinajstić information content (AvgIpc) is 3.55. The number of nitrogens with one attached hydrogen (secondary N) is 2. The summed E-state index contributed by atoms with van der Waals surface area (Å²) in [5.74, 6) is -1.09. The zero-order chi connectivity index (χ0) is 32.0. The number of rotatable bonds is 8. The Balaban J connectivity index is 0.853. The molecule has 0 radical (unpaired) electrons. The summed E-state index contributed by atoms with van der Waals surface area (Å²) in [7, 11) is 0. The highest BCUT2D eigenvalue weighted by Gasteiger charge is 2.45. The van der Waals surface area contributed by atoms with Gasteiger partial charge in [0.25, 0.3) is 11.8 Å². The number of aromatic nitrogens is 5.